The maximum atomic E-state index is 12.9. The minimum atomic E-state index is -1.07. The number of rotatable bonds is 8. The summed E-state index contributed by atoms with van der Waals surface area (Å²) in [7, 11) is 0. The Kier molecular flexibility index (Phi) is 6.42. The molecule has 32 heavy (non-hydrogen) atoms. The van der Waals surface area contributed by atoms with Crippen LogP contribution in [0.15, 0.2) is 48.5 Å². The van der Waals surface area contributed by atoms with E-state index in [1.807, 2.05) is 13.8 Å². The summed E-state index contributed by atoms with van der Waals surface area (Å²) < 4.78 is 5.96. The van der Waals surface area contributed by atoms with Gasteiger partial charge in [0.25, 0.3) is 5.69 Å². The van der Waals surface area contributed by atoms with Crippen molar-refractivity contribution in [1.29, 1.82) is 0 Å². The highest BCUT2D eigenvalue weighted by Crippen LogP contribution is 2.46. The highest BCUT2D eigenvalue weighted by atomic mass is 16.6. The molecule has 3 rings (SSSR count). The van der Waals surface area contributed by atoms with E-state index in [0.717, 1.165) is 4.90 Å². The number of imide groups is 1. The minimum Gasteiger partial charge on any atom is -0.478 e. The number of urea groups is 1. The molecule has 1 atom stereocenters. The molecule has 2 N–H and O–H groups in total. The third-order valence-electron chi connectivity index (χ3n) is 5.77. The molecule has 0 saturated carbocycles. The van der Waals surface area contributed by atoms with Gasteiger partial charge in [0.15, 0.2) is 6.23 Å². The molecule has 1 fully saturated rings. The maximum absolute atomic E-state index is 12.9. The van der Waals surface area contributed by atoms with Crippen molar-refractivity contribution in [2.75, 3.05) is 0 Å². The van der Waals surface area contributed by atoms with Gasteiger partial charge >= 0.3 is 12.0 Å². The van der Waals surface area contributed by atoms with Crippen LogP contribution in [0.3, 0.4) is 0 Å². The number of β-lactam (4-membered cyclic amide) rings is 1. The lowest BCUT2D eigenvalue weighted by molar-refractivity contribution is -0.384. The highest BCUT2D eigenvalue weighted by molar-refractivity contribution is 6.03. The average Bonchev–Trinajstić information content (AvgIpc) is 2.79. The number of hydrogen-bond donors (Lipinski definition) is 2. The third kappa shape index (κ3) is 4.11. The summed E-state index contributed by atoms with van der Waals surface area (Å²) in [6.45, 7) is 3.76. The van der Waals surface area contributed by atoms with Gasteiger partial charge in [-0.1, -0.05) is 26.0 Å². The van der Waals surface area contributed by atoms with E-state index in [1.165, 1.54) is 48.5 Å². The van der Waals surface area contributed by atoms with E-state index >= 15 is 0 Å². The predicted octanol–water partition coefficient (Wildman–Crippen LogP) is 3.56. The van der Waals surface area contributed by atoms with Crippen LogP contribution in [0.2, 0.25) is 0 Å². The number of aromatic carboxylic acids is 1. The van der Waals surface area contributed by atoms with Crippen LogP contribution >= 0.6 is 0 Å². The molecule has 10 nitrogen and oxygen atoms in total. The topological polar surface area (TPSA) is 139 Å². The quantitative estimate of drug-likeness (QED) is 0.363. The molecular formula is C22H23N3O7. The Morgan fingerprint density at radius 2 is 1.72 bits per heavy atom. The van der Waals surface area contributed by atoms with Gasteiger partial charge in [0.05, 0.1) is 10.5 Å². The Morgan fingerprint density at radius 1 is 1.12 bits per heavy atom. The molecule has 168 valence electrons. The first-order valence-corrected chi connectivity index (χ1v) is 10.1. The molecule has 1 saturated heterocycles. The van der Waals surface area contributed by atoms with Crippen LogP contribution < -0.4 is 10.1 Å². The third-order valence-corrected chi connectivity index (χ3v) is 5.77. The number of nitro groups is 1. The minimum absolute atomic E-state index is 0.0592. The average molecular weight is 441 g/mol. The second-order valence-corrected chi connectivity index (χ2v) is 7.42. The number of carbonyl (C=O) groups excluding carboxylic acids is 2. The highest BCUT2D eigenvalue weighted by Gasteiger charge is 2.62. The van der Waals surface area contributed by atoms with Gasteiger partial charge in [-0.15, -0.1) is 0 Å². The molecule has 0 bridgehead atoms. The zero-order valence-electron chi connectivity index (χ0n) is 17.6. The zero-order valence-corrected chi connectivity index (χ0v) is 17.6. The molecule has 2 aromatic carbocycles. The summed E-state index contributed by atoms with van der Waals surface area (Å²) in [6.07, 6.45) is 0.0797. The normalized spacial score (nSPS) is 16.8. The largest absolute Gasteiger partial charge is 0.478 e. The number of amides is 3. The summed E-state index contributed by atoms with van der Waals surface area (Å²) in [4.78, 5) is 48.0. The molecule has 2 aromatic rings. The first kappa shape index (κ1) is 22.7. The Morgan fingerprint density at radius 3 is 2.22 bits per heavy atom. The van der Waals surface area contributed by atoms with E-state index in [-0.39, 0.29) is 23.7 Å². The van der Waals surface area contributed by atoms with Gasteiger partial charge in [0.1, 0.15) is 11.2 Å². The van der Waals surface area contributed by atoms with Gasteiger partial charge < -0.3 is 15.2 Å². The van der Waals surface area contributed by atoms with Crippen LogP contribution in [-0.2, 0) is 11.3 Å². The number of benzene rings is 2. The smallest absolute Gasteiger partial charge is 0.335 e. The number of nitrogens with zero attached hydrogens (tertiary/aromatic N) is 2. The number of carbonyl (C=O) groups is 3. The van der Waals surface area contributed by atoms with Crippen molar-refractivity contribution in [2.45, 2.75) is 39.5 Å². The number of carboxylic acid groups (broad SMARTS) is 1. The van der Waals surface area contributed by atoms with Crippen molar-refractivity contribution in [2.24, 2.45) is 5.41 Å². The number of nitrogens with one attached hydrogen (secondary N) is 1. The van der Waals surface area contributed by atoms with E-state index in [1.54, 1.807) is 0 Å². The van der Waals surface area contributed by atoms with Gasteiger partial charge in [0.2, 0.25) is 5.91 Å². The Labute approximate surface area is 183 Å². The number of likely N-dealkylation sites (tertiary alicyclic amines) is 1. The summed E-state index contributed by atoms with van der Waals surface area (Å²) >= 11 is 0. The lowest BCUT2D eigenvalue weighted by Crippen LogP contribution is -2.73. The van der Waals surface area contributed by atoms with Crippen molar-refractivity contribution in [3.05, 3.63) is 69.8 Å². The first-order valence-electron chi connectivity index (χ1n) is 10.1. The molecule has 0 radical (unpaired) electrons. The fourth-order valence-corrected chi connectivity index (χ4v) is 3.70. The van der Waals surface area contributed by atoms with Crippen LogP contribution in [0, 0.1) is 15.5 Å². The van der Waals surface area contributed by atoms with Crippen LogP contribution in [0.4, 0.5) is 10.5 Å². The van der Waals surface area contributed by atoms with Crippen molar-refractivity contribution in [3.63, 3.8) is 0 Å². The first-order chi connectivity index (χ1) is 15.2. The van der Waals surface area contributed by atoms with Gasteiger partial charge in [-0.2, -0.15) is 0 Å². The fourth-order valence-electron chi connectivity index (χ4n) is 3.70. The summed E-state index contributed by atoms with van der Waals surface area (Å²) in [5, 5.41) is 22.4. The second-order valence-electron chi connectivity index (χ2n) is 7.42. The van der Waals surface area contributed by atoms with Gasteiger partial charge in [0, 0.05) is 18.7 Å². The van der Waals surface area contributed by atoms with Crippen molar-refractivity contribution in [1.82, 2.24) is 10.2 Å². The summed E-state index contributed by atoms with van der Waals surface area (Å²) in [5.41, 5.74) is -0.195. The lowest BCUT2D eigenvalue weighted by atomic mass is 9.72. The van der Waals surface area contributed by atoms with Gasteiger partial charge in [-0.25, -0.2) is 14.5 Å². The number of ether oxygens (including phenoxy) is 1. The van der Waals surface area contributed by atoms with E-state index in [0.29, 0.717) is 24.2 Å². The predicted molar refractivity (Wildman–Crippen MR) is 113 cm³/mol. The van der Waals surface area contributed by atoms with E-state index in [2.05, 4.69) is 5.32 Å². The number of hydrogen-bond acceptors (Lipinski definition) is 6. The molecule has 1 heterocycles. The van der Waals surface area contributed by atoms with Crippen molar-refractivity contribution in [3.8, 4) is 5.75 Å². The molecule has 3 amide bonds. The standard InChI is InChI=1S/C22H23N3O7/c1-3-22(4-2)19(28)24(20(22)32-17-11-7-15(8-12-17)18(26)27)21(29)23-13-14-5-9-16(10-6-14)25(30)31/h5-12,20H,3-4,13H2,1-2H3,(H,23,29)(H,26,27). The molecule has 0 aliphatic carbocycles. The fraction of sp³-hybridized carbons (Fsp3) is 0.318. The Balaban J connectivity index is 1.74. The van der Waals surface area contributed by atoms with E-state index < -0.39 is 28.6 Å². The SMILES string of the molecule is CCC1(CC)C(=O)N(C(=O)NCc2ccc([N+](=O)[O-])cc2)C1Oc1ccc(C(=O)O)cc1. The molecule has 0 aromatic heterocycles. The number of non-ortho nitro benzene ring substituents is 1. The number of carboxylic acids is 1. The van der Waals surface area contributed by atoms with Crippen LogP contribution in [0.5, 0.6) is 5.75 Å². The second kappa shape index (κ2) is 9.04. The van der Waals surface area contributed by atoms with Gasteiger partial charge in [-0.3, -0.25) is 14.9 Å². The number of nitro benzene ring substituents is 1. The van der Waals surface area contributed by atoms with Crippen molar-refractivity contribution < 1.29 is 29.2 Å². The van der Waals surface area contributed by atoms with Crippen molar-refractivity contribution >= 4 is 23.6 Å². The van der Waals surface area contributed by atoms with Crippen LogP contribution in [0.25, 0.3) is 0 Å². The molecule has 1 aliphatic heterocycles. The van der Waals surface area contributed by atoms with E-state index in [4.69, 9.17) is 9.84 Å². The summed E-state index contributed by atoms with van der Waals surface area (Å²) in [6, 6.07) is 10.8. The van der Waals surface area contributed by atoms with Gasteiger partial charge in [-0.05, 0) is 42.7 Å². The lowest BCUT2D eigenvalue weighted by Gasteiger charge is -2.53. The Hall–Kier alpha value is -3.95. The molecule has 1 unspecified atom stereocenters. The van der Waals surface area contributed by atoms with E-state index in [9.17, 15) is 24.5 Å². The molecule has 0 spiro atoms. The molecule has 1 aliphatic rings. The summed E-state index contributed by atoms with van der Waals surface area (Å²) in [5.74, 6) is -1.08. The molecular weight excluding hydrogens is 418 g/mol. The Bertz CT molecular complexity index is 1030. The monoisotopic (exact) mass is 441 g/mol. The van der Waals surface area contributed by atoms with Crippen LogP contribution in [-0.4, -0.2) is 39.1 Å². The van der Waals surface area contributed by atoms with Crippen LogP contribution in [0.1, 0.15) is 42.6 Å². The maximum Gasteiger partial charge on any atom is 0.335 e. The zero-order chi connectivity index (χ0) is 23.5. The molecule has 10 heteroatoms.